The van der Waals surface area contributed by atoms with Crippen LogP contribution in [0.1, 0.15) is 18.9 Å². The predicted molar refractivity (Wildman–Crippen MR) is 79.4 cm³/mol. The van der Waals surface area contributed by atoms with E-state index in [2.05, 4.69) is 0 Å². The van der Waals surface area contributed by atoms with Gasteiger partial charge in [-0.15, -0.1) is 0 Å². The number of hydrogen-bond acceptors (Lipinski definition) is 4. The van der Waals surface area contributed by atoms with E-state index in [1.54, 1.807) is 0 Å². The van der Waals surface area contributed by atoms with E-state index >= 15 is 0 Å². The van der Waals surface area contributed by atoms with E-state index in [4.69, 9.17) is 14.2 Å². The van der Waals surface area contributed by atoms with Gasteiger partial charge in [-0.2, -0.15) is 0 Å². The first kappa shape index (κ1) is 14.9. The highest BCUT2D eigenvalue weighted by Gasteiger charge is 2.05. The van der Waals surface area contributed by atoms with E-state index in [9.17, 15) is 4.79 Å². The number of ether oxygens (including phenoxy) is 3. The molecule has 0 saturated heterocycles. The van der Waals surface area contributed by atoms with Crippen molar-refractivity contribution < 1.29 is 19.0 Å². The molecule has 0 aliphatic heterocycles. The van der Waals surface area contributed by atoms with E-state index in [0.717, 1.165) is 17.7 Å². The molecule has 0 N–H and O–H groups in total. The van der Waals surface area contributed by atoms with Gasteiger partial charge in [-0.1, -0.05) is 37.3 Å². The molecule has 2 aromatic carbocycles. The fraction of sp³-hybridized carbons (Fsp3) is 0.235. The van der Waals surface area contributed by atoms with Gasteiger partial charge in [0.1, 0.15) is 18.1 Å². The molecule has 0 saturated carbocycles. The highest BCUT2D eigenvalue weighted by molar-refractivity contribution is 5.59. The molecule has 0 spiro atoms. The molecule has 110 valence electrons. The molecule has 0 atom stereocenters. The van der Waals surface area contributed by atoms with Gasteiger partial charge in [0.2, 0.25) is 0 Å². The lowest BCUT2D eigenvalue weighted by atomic mass is 10.2. The first-order valence-corrected chi connectivity index (χ1v) is 6.89. The van der Waals surface area contributed by atoms with Gasteiger partial charge >= 0.3 is 6.16 Å². The molecule has 0 amide bonds. The zero-order chi connectivity index (χ0) is 14.9. The minimum absolute atomic E-state index is 0.161. The van der Waals surface area contributed by atoms with E-state index in [0.29, 0.717) is 12.4 Å². The maximum atomic E-state index is 11.3. The summed E-state index contributed by atoms with van der Waals surface area (Å²) in [6.45, 7) is 2.46. The van der Waals surface area contributed by atoms with Crippen LogP contribution in [0.4, 0.5) is 4.79 Å². The fourth-order valence-electron chi connectivity index (χ4n) is 1.69. The summed E-state index contributed by atoms with van der Waals surface area (Å²) in [6.07, 6.45) is 0.126. The monoisotopic (exact) mass is 286 g/mol. The van der Waals surface area contributed by atoms with Crippen molar-refractivity contribution in [2.45, 2.75) is 20.0 Å². The first-order chi connectivity index (χ1) is 10.3. The summed E-state index contributed by atoms with van der Waals surface area (Å²) in [5, 5.41) is 0. The Morgan fingerprint density at radius 2 is 1.71 bits per heavy atom. The molecule has 0 aromatic heterocycles. The van der Waals surface area contributed by atoms with Gasteiger partial charge in [0.05, 0.1) is 6.61 Å². The van der Waals surface area contributed by atoms with Gasteiger partial charge in [-0.05, 0) is 36.2 Å². The Hall–Kier alpha value is -2.49. The van der Waals surface area contributed by atoms with Crippen molar-refractivity contribution in [2.24, 2.45) is 0 Å². The Morgan fingerprint density at radius 1 is 0.952 bits per heavy atom. The van der Waals surface area contributed by atoms with Gasteiger partial charge in [0, 0.05) is 0 Å². The minimum Gasteiger partial charge on any atom is -0.457 e. The Bertz CT molecular complexity index is 566. The third kappa shape index (κ3) is 5.18. The van der Waals surface area contributed by atoms with Crippen molar-refractivity contribution in [1.29, 1.82) is 0 Å². The molecule has 0 heterocycles. The standard InChI is InChI=1S/C17H18O4/c1-2-11-19-17(18)20-13-14-7-6-10-16(12-14)21-15-8-4-3-5-9-15/h3-10,12H,2,11,13H2,1H3. The topological polar surface area (TPSA) is 44.8 Å². The van der Waals surface area contributed by atoms with Crippen LogP contribution in [0, 0.1) is 0 Å². The number of hydrogen-bond donors (Lipinski definition) is 0. The molecule has 21 heavy (non-hydrogen) atoms. The van der Waals surface area contributed by atoms with Crippen LogP contribution in [0.15, 0.2) is 54.6 Å². The second-order valence-corrected chi connectivity index (χ2v) is 4.45. The largest absolute Gasteiger partial charge is 0.508 e. The summed E-state index contributed by atoms with van der Waals surface area (Å²) in [5.74, 6) is 1.46. The van der Waals surface area contributed by atoms with Crippen LogP contribution >= 0.6 is 0 Å². The molecule has 4 heteroatoms. The zero-order valence-corrected chi connectivity index (χ0v) is 12.0. The Kier molecular flexibility index (Phi) is 5.64. The third-order valence-electron chi connectivity index (χ3n) is 2.66. The van der Waals surface area contributed by atoms with E-state index in [-0.39, 0.29) is 6.61 Å². The number of carbonyl (C=O) groups is 1. The molecular weight excluding hydrogens is 268 g/mol. The highest BCUT2D eigenvalue weighted by Crippen LogP contribution is 2.22. The van der Waals surface area contributed by atoms with Gasteiger partial charge < -0.3 is 14.2 Å². The van der Waals surface area contributed by atoms with Crippen LogP contribution in [0.2, 0.25) is 0 Å². The third-order valence-corrected chi connectivity index (χ3v) is 2.66. The van der Waals surface area contributed by atoms with Crippen LogP contribution < -0.4 is 4.74 Å². The molecule has 0 aliphatic carbocycles. The van der Waals surface area contributed by atoms with Gasteiger partial charge in [-0.3, -0.25) is 0 Å². The van der Waals surface area contributed by atoms with Crippen LogP contribution in [0.3, 0.4) is 0 Å². The molecule has 4 nitrogen and oxygen atoms in total. The van der Waals surface area contributed by atoms with Crippen LogP contribution in [-0.4, -0.2) is 12.8 Å². The van der Waals surface area contributed by atoms with Crippen LogP contribution in [0.5, 0.6) is 11.5 Å². The average Bonchev–Trinajstić information content (AvgIpc) is 2.52. The second kappa shape index (κ2) is 7.94. The maximum absolute atomic E-state index is 11.3. The quantitative estimate of drug-likeness (QED) is 0.731. The summed E-state index contributed by atoms with van der Waals surface area (Å²) in [4.78, 5) is 11.3. The van der Waals surface area contributed by atoms with Crippen molar-refractivity contribution in [3.8, 4) is 11.5 Å². The lowest BCUT2D eigenvalue weighted by molar-refractivity contribution is 0.0499. The molecule has 0 fully saturated rings. The molecule has 2 rings (SSSR count). The summed E-state index contributed by atoms with van der Waals surface area (Å²) in [6, 6.07) is 16.9. The van der Waals surface area contributed by atoms with E-state index in [1.807, 2.05) is 61.5 Å². The van der Waals surface area contributed by atoms with Crippen molar-refractivity contribution >= 4 is 6.16 Å². The normalized spacial score (nSPS) is 9.95. The minimum atomic E-state index is -0.647. The smallest absolute Gasteiger partial charge is 0.457 e. The molecular formula is C17H18O4. The number of benzene rings is 2. The Balaban J connectivity index is 1.90. The Morgan fingerprint density at radius 3 is 2.48 bits per heavy atom. The van der Waals surface area contributed by atoms with Crippen LogP contribution in [-0.2, 0) is 16.1 Å². The average molecular weight is 286 g/mol. The zero-order valence-electron chi connectivity index (χ0n) is 12.0. The highest BCUT2D eigenvalue weighted by atomic mass is 16.7. The molecule has 2 aromatic rings. The molecule has 0 aliphatic rings. The lowest BCUT2D eigenvalue weighted by Crippen LogP contribution is -2.07. The van der Waals surface area contributed by atoms with Gasteiger partial charge in [-0.25, -0.2) is 4.79 Å². The predicted octanol–water partition coefficient (Wildman–Crippen LogP) is 4.54. The number of carbonyl (C=O) groups excluding carboxylic acids is 1. The lowest BCUT2D eigenvalue weighted by Gasteiger charge is -2.08. The van der Waals surface area contributed by atoms with Gasteiger partial charge in [0.25, 0.3) is 0 Å². The van der Waals surface area contributed by atoms with Crippen molar-refractivity contribution in [1.82, 2.24) is 0 Å². The summed E-state index contributed by atoms with van der Waals surface area (Å²) in [5.41, 5.74) is 0.844. The summed E-state index contributed by atoms with van der Waals surface area (Å²) < 4.78 is 15.6. The van der Waals surface area contributed by atoms with E-state index < -0.39 is 6.16 Å². The number of rotatable bonds is 6. The molecule has 0 radical (unpaired) electrons. The number of para-hydroxylation sites is 1. The summed E-state index contributed by atoms with van der Waals surface area (Å²) in [7, 11) is 0. The van der Waals surface area contributed by atoms with Crippen molar-refractivity contribution in [3.63, 3.8) is 0 Å². The van der Waals surface area contributed by atoms with Gasteiger partial charge in [0.15, 0.2) is 0 Å². The second-order valence-electron chi connectivity index (χ2n) is 4.45. The fourth-order valence-corrected chi connectivity index (χ4v) is 1.69. The summed E-state index contributed by atoms with van der Waals surface area (Å²) >= 11 is 0. The van der Waals surface area contributed by atoms with E-state index in [1.165, 1.54) is 0 Å². The SMILES string of the molecule is CCCOC(=O)OCc1cccc(Oc2ccccc2)c1. The van der Waals surface area contributed by atoms with Crippen molar-refractivity contribution in [3.05, 3.63) is 60.2 Å². The molecule has 0 bridgehead atoms. The van der Waals surface area contributed by atoms with Crippen LogP contribution in [0.25, 0.3) is 0 Å². The Labute approximate surface area is 124 Å². The maximum Gasteiger partial charge on any atom is 0.508 e. The molecule has 0 unspecified atom stereocenters. The van der Waals surface area contributed by atoms with Crippen molar-refractivity contribution in [2.75, 3.05) is 6.61 Å². The first-order valence-electron chi connectivity index (χ1n) is 6.89.